The summed E-state index contributed by atoms with van der Waals surface area (Å²) in [4.78, 5) is 17.7. The summed E-state index contributed by atoms with van der Waals surface area (Å²) in [5, 5.41) is 0. The highest BCUT2D eigenvalue weighted by Gasteiger charge is 2.37. The van der Waals surface area contributed by atoms with Crippen LogP contribution < -0.4 is 4.74 Å². The predicted octanol–water partition coefficient (Wildman–Crippen LogP) is 4.94. The van der Waals surface area contributed by atoms with Crippen molar-refractivity contribution < 1.29 is 13.9 Å². The van der Waals surface area contributed by atoms with Crippen LogP contribution in [0.2, 0.25) is 0 Å². The van der Waals surface area contributed by atoms with E-state index in [1.165, 1.54) is 12.1 Å². The second kappa shape index (κ2) is 6.56. The fourth-order valence-electron chi connectivity index (χ4n) is 3.27. The number of ketones is 1. The molecule has 1 aliphatic rings. The van der Waals surface area contributed by atoms with Gasteiger partial charge in [0.05, 0.1) is 24.4 Å². The quantitative estimate of drug-likeness (QED) is 0.675. The molecule has 26 heavy (non-hydrogen) atoms. The second-order valence-electron chi connectivity index (χ2n) is 6.09. The number of nitrogens with zero attached hydrogens (tertiary/aromatic N) is 1. The fourth-order valence-corrected chi connectivity index (χ4v) is 3.27. The minimum Gasteiger partial charge on any atom is -0.497 e. The summed E-state index contributed by atoms with van der Waals surface area (Å²) in [6.07, 6.45) is 0. The van der Waals surface area contributed by atoms with Crippen LogP contribution in [0.3, 0.4) is 0 Å². The van der Waals surface area contributed by atoms with Crippen LogP contribution >= 0.6 is 0 Å². The molecule has 0 radical (unpaired) electrons. The van der Waals surface area contributed by atoms with Crippen molar-refractivity contribution in [3.05, 3.63) is 95.3 Å². The van der Waals surface area contributed by atoms with Crippen LogP contribution in [-0.4, -0.2) is 18.6 Å². The van der Waals surface area contributed by atoms with Gasteiger partial charge in [0.25, 0.3) is 0 Å². The van der Waals surface area contributed by atoms with Gasteiger partial charge in [-0.2, -0.15) is 0 Å². The summed E-state index contributed by atoms with van der Waals surface area (Å²) in [5.74, 6) is -0.145. The number of Topliss-reactive ketones (excluding diaryl/α,β-unsaturated/α-hetero) is 1. The summed E-state index contributed by atoms with van der Waals surface area (Å²) in [5.41, 5.74) is 3.40. The van der Waals surface area contributed by atoms with E-state index >= 15 is 0 Å². The first-order valence-electron chi connectivity index (χ1n) is 8.29. The molecular weight excluding hydrogens is 329 g/mol. The summed E-state index contributed by atoms with van der Waals surface area (Å²) >= 11 is 0. The lowest BCUT2D eigenvalue weighted by Crippen LogP contribution is -2.13. The van der Waals surface area contributed by atoms with E-state index in [0.717, 1.165) is 16.9 Å². The number of halogens is 1. The van der Waals surface area contributed by atoms with E-state index in [0.29, 0.717) is 17.0 Å². The molecule has 0 saturated carbocycles. The second-order valence-corrected chi connectivity index (χ2v) is 6.09. The molecule has 128 valence electrons. The zero-order valence-electron chi connectivity index (χ0n) is 14.1. The first-order valence-corrected chi connectivity index (χ1v) is 8.29. The lowest BCUT2D eigenvalue weighted by atomic mass is 9.93. The average Bonchev–Trinajstić information content (AvgIpc) is 2.94. The lowest BCUT2D eigenvalue weighted by Gasteiger charge is -2.12. The minimum atomic E-state index is -0.512. The number of ether oxygens (including phenoxy) is 1. The van der Waals surface area contributed by atoms with E-state index in [4.69, 9.17) is 4.74 Å². The van der Waals surface area contributed by atoms with Crippen molar-refractivity contribution in [2.24, 2.45) is 4.99 Å². The van der Waals surface area contributed by atoms with Gasteiger partial charge in [-0.1, -0.05) is 42.5 Å². The Hall–Kier alpha value is -3.27. The van der Waals surface area contributed by atoms with Crippen LogP contribution in [0.4, 0.5) is 10.1 Å². The van der Waals surface area contributed by atoms with Crippen LogP contribution in [0.5, 0.6) is 5.75 Å². The number of carbonyl (C=O) groups excluding carboxylic acids is 1. The van der Waals surface area contributed by atoms with Gasteiger partial charge >= 0.3 is 0 Å². The number of hydrogen-bond donors (Lipinski definition) is 0. The Labute approximate surface area is 150 Å². The molecule has 3 aromatic rings. The Morgan fingerprint density at radius 3 is 2.35 bits per heavy atom. The lowest BCUT2D eigenvalue weighted by molar-refractivity contribution is 0.0988. The molecule has 0 aromatic heterocycles. The van der Waals surface area contributed by atoms with Crippen LogP contribution in [0.15, 0.2) is 77.8 Å². The average molecular weight is 345 g/mol. The molecule has 3 nitrogen and oxygen atoms in total. The molecule has 0 N–H and O–H groups in total. The number of methoxy groups -OCH3 is 1. The predicted molar refractivity (Wildman–Crippen MR) is 99.1 cm³/mol. The maximum absolute atomic E-state index is 13.6. The SMILES string of the molecule is COc1ccc(C2C(=O)c3ccccc3C2=Nc2cccc(F)c2)cc1. The Kier molecular flexibility index (Phi) is 4.09. The first kappa shape index (κ1) is 16.2. The van der Waals surface area contributed by atoms with Crippen molar-refractivity contribution in [2.75, 3.05) is 7.11 Å². The zero-order valence-corrected chi connectivity index (χ0v) is 14.1. The maximum Gasteiger partial charge on any atom is 0.176 e. The van der Waals surface area contributed by atoms with Gasteiger partial charge in [0.1, 0.15) is 11.6 Å². The first-order chi connectivity index (χ1) is 12.7. The van der Waals surface area contributed by atoms with E-state index in [2.05, 4.69) is 4.99 Å². The highest BCUT2D eigenvalue weighted by Crippen LogP contribution is 2.36. The topological polar surface area (TPSA) is 38.7 Å². The Bertz CT molecular complexity index is 1010. The van der Waals surface area contributed by atoms with E-state index in [-0.39, 0.29) is 11.6 Å². The van der Waals surface area contributed by atoms with Crippen molar-refractivity contribution in [1.29, 1.82) is 0 Å². The highest BCUT2D eigenvalue weighted by atomic mass is 19.1. The number of rotatable bonds is 3. The molecule has 0 saturated heterocycles. The number of aliphatic imine (C=N–C) groups is 1. The number of hydrogen-bond acceptors (Lipinski definition) is 3. The fraction of sp³-hybridized carbons (Fsp3) is 0.0909. The molecule has 0 bridgehead atoms. The molecule has 4 rings (SSSR count). The summed E-state index contributed by atoms with van der Waals surface area (Å²) < 4.78 is 18.8. The van der Waals surface area contributed by atoms with E-state index < -0.39 is 5.92 Å². The molecule has 1 aliphatic carbocycles. The van der Waals surface area contributed by atoms with Crippen LogP contribution in [-0.2, 0) is 0 Å². The highest BCUT2D eigenvalue weighted by molar-refractivity contribution is 6.32. The van der Waals surface area contributed by atoms with Crippen molar-refractivity contribution in [1.82, 2.24) is 0 Å². The molecule has 0 amide bonds. The standard InChI is InChI=1S/C22H16FNO2/c1-26-17-11-9-14(10-12-17)20-21(24-16-6-4-5-15(23)13-16)18-7-2-3-8-19(18)22(20)25/h2-13,20H,1H3. The van der Waals surface area contributed by atoms with E-state index in [1.807, 2.05) is 48.5 Å². The number of carbonyl (C=O) groups is 1. The molecule has 0 aliphatic heterocycles. The smallest absolute Gasteiger partial charge is 0.176 e. The zero-order chi connectivity index (χ0) is 18.1. The molecule has 0 spiro atoms. The maximum atomic E-state index is 13.6. The van der Waals surface area contributed by atoms with E-state index in [9.17, 15) is 9.18 Å². The van der Waals surface area contributed by atoms with Gasteiger partial charge in [0.15, 0.2) is 5.78 Å². The van der Waals surface area contributed by atoms with Crippen molar-refractivity contribution >= 4 is 17.2 Å². The number of fused-ring (bicyclic) bond motifs is 1. The van der Waals surface area contributed by atoms with Gasteiger partial charge < -0.3 is 4.74 Å². The van der Waals surface area contributed by atoms with Gasteiger partial charge in [0.2, 0.25) is 0 Å². The molecule has 1 unspecified atom stereocenters. The van der Waals surface area contributed by atoms with Gasteiger partial charge in [-0.05, 0) is 35.9 Å². The van der Waals surface area contributed by atoms with Crippen molar-refractivity contribution in [3.8, 4) is 5.75 Å². The van der Waals surface area contributed by atoms with Gasteiger partial charge in [-0.25, -0.2) is 4.39 Å². The van der Waals surface area contributed by atoms with Crippen LogP contribution in [0.25, 0.3) is 0 Å². The Morgan fingerprint density at radius 1 is 0.923 bits per heavy atom. The molecular formula is C22H16FNO2. The summed E-state index contributed by atoms with van der Waals surface area (Å²) in [6, 6.07) is 20.9. The normalized spacial score (nSPS) is 17.4. The third kappa shape index (κ3) is 2.80. The molecule has 0 fully saturated rings. The summed E-state index contributed by atoms with van der Waals surface area (Å²) in [7, 11) is 1.60. The van der Waals surface area contributed by atoms with Gasteiger partial charge in [0, 0.05) is 11.1 Å². The van der Waals surface area contributed by atoms with E-state index in [1.54, 1.807) is 19.2 Å². The van der Waals surface area contributed by atoms with Gasteiger partial charge in [-0.15, -0.1) is 0 Å². The Morgan fingerprint density at radius 2 is 1.65 bits per heavy atom. The molecule has 4 heteroatoms. The monoisotopic (exact) mass is 345 g/mol. The third-order valence-corrected chi connectivity index (χ3v) is 4.51. The van der Waals surface area contributed by atoms with Crippen LogP contribution in [0, 0.1) is 5.82 Å². The largest absolute Gasteiger partial charge is 0.497 e. The van der Waals surface area contributed by atoms with Crippen LogP contribution in [0.1, 0.15) is 27.4 Å². The Balaban J connectivity index is 1.87. The van der Waals surface area contributed by atoms with Gasteiger partial charge in [-0.3, -0.25) is 9.79 Å². The molecule has 0 heterocycles. The van der Waals surface area contributed by atoms with Crippen molar-refractivity contribution in [3.63, 3.8) is 0 Å². The summed E-state index contributed by atoms with van der Waals surface area (Å²) in [6.45, 7) is 0. The minimum absolute atomic E-state index is 0.000852. The molecule has 1 atom stereocenters. The number of benzene rings is 3. The molecule has 3 aromatic carbocycles. The third-order valence-electron chi connectivity index (χ3n) is 4.51. The van der Waals surface area contributed by atoms with Crippen molar-refractivity contribution in [2.45, 2.75) is 5.92 Å².